The van der Waals surface area contributed by atoms with Crippen LogP contribution in [0.1, 0.15) is 5.56 Å². The number of hydrogen-bond acceptors (Lipinski definition) is 9. The van der Waals surface area contributed by atoms with Crippen molar-refractivity contribution in [3.8, 4) is 11.6 Å². The Balaban J connectivity index is 1.73. The number of ether oxygens (including phenoxy) is 1. The molecule has 3 heterocycles. The van der Waals surface area contributed by atoms with Crippen molar-refractivity contribution in [2.45, 2.75) is 6.04 Å². The molecular formula is C22H26ClN7O4. The summed E-state index contributed by atoms with van der Waals surface area (Å²) in [6.45, 7) is 1.08. The first-order valence-corrected chi connectivity index (χ1v) is 11.1. The van der Waals surface area contributed by atoms with E-state index in [4.69, 9.17) is 16.3 Å². The van der Waals surface area contributed by atoms with Crippen molar-refractivity contribution in [2.75, 3.05) is 52.3 Å². The van der Waals surface area contributed by atoms with Gasteiger partial charge in [0.1, 0.15) is 36.2 Å². The lowest BCUT2D eigenvalue weighted by atomic mass is 10.2. The molecule has 2 aromatic heterocycles. The van der Waals surface area contributed by atoms with Crippen LogP contribution in [0.25, 0.3) is 11.0 Å². The van der Waals surface area contributed by atoms with Crippen LogP contribution in [0.2, 0.25) is 5.02 Å². The Bertz CT molecular complexity index is 1220. The summed E-state index contributed by atoms with van der Waals surface area (Å²) in [5.74, 6) is 0.612. The Hall–Kier alpha value is -3.41. The van der Waals surface area contributed by atoms with Gasteiger partial charge in [-0.15, -0.1) is 0 Å². The van der Waals surface area contributed by atoms with E-state index < -0.39 is 6.04 Å². The Morgan fingerprint density at radius 2 is 2.09 bits per heavy atom. The van der Waals surface area contributed by atoms with Gasteiger partial charge in [-0.3, -0.25) is 14.7 Å². The molecule has 1 atom stereocenters. The van der Waals surface area contributed by atoms with Crippen LogP contribution in [-0.2, 0) is 4.79 Å². The fourth-order valence-corrected chi connectivity index (χ4v) is 3.86. The van der Waals surface area contributed by atoms with E-state index in [2.05, 4.69) is 25.3 Å². The summed E-state index contributed by atoms with van der Waals surface area (Å²) in [5, 5.41) is 24.5. The number of aliphatic imine (C=N–C) groups is 1. The predicted octanol–water partition coefficient (Wildman–Crippen LogP) is 1.62. The number of likely N-dealkylation sites (N-methyl/N-ethyl adjacent to an activating group) is 2. The van der Waals surface area contributed by atoms with Crippen molar-refractivity contribution in [1.82, 2.24) is 24.8 Å². The van der Waals surface area contributed by atoms with Crippen LogP contribution < -0.4 is 10.1 Å². The molecule has 4 N–H and O–H groups in total. The smallest absolute Gasteiger partial charge is 0.242 e. The number of hydrogen-bond donors (Lipinski definition) is 4. The molecule has 180 valence electrons. The van der Waals surface area contributed by atoms with Gasteiger partial charge in [-0.2, -0.15) is 0 Å². The molecule has 0 aliphatic carbocycles. The molecule has 0 unspecified atom stereocenters. The number of aromatic amines is 1. The highest BCUT2D eigenvalue weighted by Gasteiger charge is 2.25. The number of aromatic hydroxyl groups is 1. The largest absolute Gasteiger partial charge is 0.494 e. The first-order chi connectivity index (χ1) is 16.4. The lowest BCUT2D eigenvalue weighted by Gasteiger charge is -2.29. The highest BCUT2D eigenvalue weighted by atomic mass is 35.5. The molecule has 11 nitrogen and oxygen atoms in total. The zero-order valence-electron chi connectivity index (χ0n) is 18.8. The van der Waals surface area contributed by atoms with Crippen molar-refractivity contribution < 1.29 is 19.7 Å². The Morgan fingerprint density at radius 3 is 2.88 bits per heavy atom. The summed E-state index contributed by atoms with van der Waals surface area (Å²) in [7, 11) is 3.43. The number of rotatable bonds is 1. The lowest BCUT2D eigenvalue weighted by Crippen LogP contribution is -2.50. The molecule has 0 saturated heterocycles. The number of aliphatic hydroxyl groups is 1. The van der Waals surface area contributed by atoms with Crippen LogP contribution in [0.15, 0.2) is 29.5 Å². The van der Waals surface area contributed by atoms with E-state index in [1.807, 2.05) is 0 Å². The number of fused-ring (bicyclic) bond motifs is 2. The number of carbonyl (C=O) groups is 1. The van der Waals surface area contributed by atoms with Gasteiger partial charge in [0.25, 0.3) is 0 Å². The van der Waals surface area contributed by atoms with Crippen LogP contribution in [0, 0.1) is 0 Å². The SMILES string of the molecule is CN1CCNc2ncnc3[nH]c(O)c(c23)C=Nc2ccc(Cl)c(c2)OCCN(C)[C@H](CO)C1=O. The Morgan fingerprint density at radius 1 is 1.26 bits per heavy atom. The minimum absolute atomic E-state index is 0.0942. The minimum Gasteiger partial charge on any atom is -0.494 e. The number of benzene rings is 1. The second-order valence-electron chi connectivity index (χ2n) is 7.92. The lowest BCUT2D eigenvalue weighted by molar-refractivity contribution is -0.136. The highest BCUT2D eigenvalue weighted by molar-refractivity contribution is 6.32. The Kier molecular flexibility index (Phi) is 7.15. The summed E-state index contributed by atoms with van der Waals surface area (Å²) >= 11 is 6.28. The van der Waals surface area contributed by atoms with Crippen molar-refractivity contribution in [2.24, 2.45) is 4.99 Å². The summed E-state index contributed by atoms with van der Waals surface area (Å²) in [6.07, 6.45) is 2.90. The monoisotopic (exact) mass is 487 g/mol. The summed E-state index contributed by atoms with van der Waals surface area (Å²) in [5.41, 5.74) is 1.43. The molecule has 34 heavy (non-hydrogen) atoms. The number of halogens is 1. The number of nitrogens with zero attached hydrogens (tertiary/aromatic N) is 5. The number of anilines is 1. The van der Waals surface area contributed by atoms with Crippen molar-refractivity contribution in [3.05, 3.63) is 35.1 Å². The Labute approximate surface area is 201 Å². The third-order valence-corrected chi connectivity index (χ3v) is 5.99. The van der Waals surface area contributed by atoms with E-state index in [9.17, 15) is 15.0 Å². The van der Waals surface area contributed by atoms with E-state index in [1.54, 1.807) is 42.1 Å². The normalized spacial score (nSPS) is 18.3. The molecule has 0 spiro atoms. The van der Waals surface area contributed by atoms with E-state index in [-0.39, 0.29) is 25.0 Å². The van der Waals surface area contributed by atoms with Crippen LogP contribution in [-0.4, -0.2) is 100 Å². The topological polar surface area (TPSA) is 139 Å². The number of amides is 1. The molecule has 0 radical (unpaired) electrons. The molecule has 0 fully saturated rings. The maximum absolute atomic E-state index is 12.9. The zero-order valence-corrected chi connectivity index (χ0v) is 19.6. The molecular weight excluding hydrogens is 462 g/mol. The van der Waals surface area contributed by atoms with E-state index in [0.717, 1.165) is 0 Å². The van der Waals surface area contributed by atoms with E-state index in [0.29, 0.717) is 58.5 Å². The average Bonchev–Trinajstić information content (AvgIpc) is 3.14. The summed E-state index contributed by atoms with van der Waals surface area (Å²) in [4.78, 5) is 32.0. The molecule has 3 aromatic rings. The predicted molar refractivity (Wildman–Crippen MR) is 129 cm³/mol. The number of aliphatic hydroxyl groups excluding tert-OH is 1. The summed E-state index contributed by atoms with van der Waals surface area (Å²) in [6, 6.07) is 4.38. The van der Waals surface area contributed by atoms with Crippen molar-refractivity contribution >= 4 is 46.3 Å². The first kappa shape index (κ1) is 23.7. The van der Waals surface area contributed by atoms with Gasteiger partial charge in [-0.25, -0.2) is 9.97 Å². The van der Waals surface area contributed by atoms with Crippen molar-refractivity contribution in [1.29, 1.82) is 0 Å². The average molecular weight is 488 g/mol. The van der Waals surface area contributed by atoms with Crippen molar-refractivity contribution in [3.63, 3.8) is 0 Å². The number of aromatic nitrogens is 3. The van der Waals surface area contributed by atoms with Crippen LogP contribution in [0.5, 0.6) is 11.6 Å². The first-order valence-electron chi connectivity index (χ1n) is 10.7. The third-order valence-electron chi connectivity index (χ3n) is 5.67. The van der Waals surface area contributed by atoms with Gasteiger partial charge in [-0.1, -0.05) is 11.6 Å². The van der Waals surface area contributed by atoms with Crippen LogP contribution in [0.3, 0.4) is 0 Å². The molecule has 1 aliphatic rings. The third kappa shape index (κ3) is 4.91. The van der Waals surface area contributed by atoms with Gasteiger partial charge in [0, 0.05) is 39.0 Å². The maximum atomic E-state index is 12.9. The van der Waals surface area contributed by atoms with Gasteiger partial charge in [0.2, 0.25) is 5.91 Å². The number of nitrogens with one attached hydrogen (secondary N) is 2. The molecule has 0 saturated carbocycles. The fraction of sp³-hybridized carbons (Fsp3) is 0.364. The zero-order chi connectivity index (χ0) is 24.2. The second-order valence-corrected chi connectivity index (χ2v) is 8.33. The highest BCUT2D eigenvalue weighted by Crippen LogP contribution is 2.32. The van der Waals surface area contributed by atoms with Crippen LogP contribution >= 0.6 is 11.6 Å². The molecule has 4 rings (SSSR count). The standard InChI is InChI=1S/C22H26ClN7O4/c1-29-7-8-34-17-9-13(3-4-15(17)23)25-10-14-18-19(26-12-27-20(18)28-21(14)32)24-5-6-30(2)22(33)16(29)11-31/h3-4,9-10,12,16,31-32H,5-8,11H2,1-2H3,(H2,24,26,27,28)/t16-/m1/s1. The molecule has 12 heteroatoms. The van der Waals surface area contributed by atoms with E-state index in [1.165, 1.54) is 12.5 Å². The number of H-pyrrole nitrogens is 1. The number of carbonyl (C=O) groups excluding carboxylic acids is 1. The van der Waals surface area contributed by atoms with Gasteiger partial charge < -0.3 is 30.2 Å². The fourth-order valence-electron chi connectivity index (χ4n) is 3.68. The van der Waals surface area contributed by atoms with E-state index >= 15 is 0 Å². The molecule has 2 bridgehead atoms. The molecule has 1 aliphatic heterocycles. The summed E-state index contributed by atoms with van der Waals surface area (Å²) < 4.78 is 5.83. The van der Waals surface area contributed by atoms with Gasteiger partial charge in [0.05, 0.1) is 28.3 Å². The van der Waals surface area contributed by atoms with Gasteiger partial charge in [0.15, 0.2) is 5.88 Å². The second kappa shape index (κ2) is 10.2. The maximum Gasteiger partial charge on any atom is 0.242 e. The van der Waals surface area contributed by atoms with Crippen LogP contribution in [0.4, 0.5) is 11.5 Å². The molecule has 1 aromatic carbocycles. The molecule has 1 amide bonds. The van der Waals surface area contributed by atoms with Gasteiger partial charge in [-0.05, 0) is 19.2 Å². The van der Waals surface area contributed by atoms with Gasteiger partial charge >= 0.3 is 0 Å². The minimum atomic E-state index is -0.710. The quantitative estimate of drug-likeness (QED) is 0.406.